The number of carbonyl (C=O) groups is 1. The van der Waals surface area contributed by atoms with E-state index in [9.17, 15) is 4.79 Å². The monoisotopic (exact) mass is 208 g/mol. The Morgan fingerprint density at radius 2 is 2.20 bits per heavy atom. The largest absolute Gasteiger partial charge is 0.494 e. The molecule has 0 bridgehead atoms. The van der Waals surface area contributed by atoms with Crippen molar-refractivity contribution in [1.82, 2.24) is 0 Å². The molecule has 3 nitrogen and oxygen atoms in total. The van der Waals surface area contributed by atoms with Gasteiger partial charge in [-0.05, 0) is 37.5 Å². The molecule has 0 aliphatic heterocycles. The predicted molar refractivity (Wildman–Crippen MR) is 58.3 cm³/mol. The van der Waals surface area contributed by atoms with Gasteiger partial charge in [-0.3, -0.25) is 4.79 Å². The molecule has 15 heavy (non-hydrogen) atoms. The summed E-state index contributed by atoms with van der Waals surface area (Å²) in [6.45, 7) is 4.56. The second-order valence-electron chi connectivity index (χ2n) is 3.43. The third kappa shape index (κ3) is 3.62. The summed E-state index contributed by atoms with van der Waals surface area (Å²) in [7, 11) is 0. The summed E-state index contributed by atoms with van der Waals surface area (Å²) < 4.78 is 5.40. The zero-order valence-electron chi connectivity index (χ0n) is 9.12. The molecule has 0 aliphatic rings. The average Bonchev–Trinajstić information content (AvgIpc) is 2.19. The molecule has 0 aliphatic carbocycles. The van der Waals surface area contributed by atoms with E-state index in [0.717, 1.165) is 16.9 Å². The molecule has 0 amide bonds. The number of aliphatic carboxylic acids is 1. The number of carboxylic acid groups (broad SMARTS) is 1. The van der Waals surface area contributed by atoms with Gasteiger partial charge < -0.3 is 9.84 Å². The summed E-state index contributed by atoms with van der Waals surface area (Å²) in [6, 6.07) is 5.80. The van der Waals surface area contributed by atoms with Gasteiger partial charge in [-0.2, -0.15) is 0 Å². The first-order valence-electron chi connectivity index (χ1n) is 5.07. The fourth-order valence-corrected chi connectivity index (χ4v) is 1.44. The summed E-state index contributed by atoms with van der Waals surface area (Å²) >= 11 is 0. The summed E-state index contributed by atoms with van der Waals surface area (Å²) in [5.74, 6) is 0.109. The van der Waals surface area contributed by atoms with E-state index in [1.807, 2.05) is 32.0 Å². The highest BCUT2D eigenvalue weighted by molar-refractivity contribution is 5.67. The van der Waals surface area contributed by atoms with E-state index in [1.54, 1.807) is 0 Å². The minimum absolute atomic E-state index is 0.174. The molecule has 0 atom stereocenters. The SMILES string of the molecule is CCOc1ccc(CCC(=O)O)cc1C. The van der Waals surface area contributed by atoms with Gasteiger partial charge in [-0.15, -0.1) is 0 Å². The number of benzene rings is 1. The molecule has 0 saturated heterocycles. The quantitative estimate of drug-likeness (QED) is 0.808. The van der Waals surface area contributed by atoms with Gasteiger partial charge in [-0.1, -0.05) is 12.1 Å². The van der Waals surface area contributed by atoms with E-state index in [1.165, 1.54) is 0 Å². The van der Waals surface area contributed by atoms with Crippen LogP contribution < -0.4 is 4.74 Å². The molecule has 1 N–H and O–H groups in total. The Balaban J connectivity index is 2.68. The lowest BCUT2D eigenvalue weighted by atomic mass is 10.1. The maximum atomic E-state index is 10.4. The van der Waals surface area contributed by atoms with Crippen molar-refractivity contribution < 1.29 is 14.6 Å². The Hall–Kier alpha value is -1.51. The topological polar surface area (TPSA) is 46.5 Å². The average molecular weight is 208 g/mol. The Morgan fingerprint density at radius 3 is 2.73 bits per heavy atom. The zero-order chi connectivity index (χ0) is 11.3. The molecule has 3 heteroatoms. The second kappa shape index (κ2) is 5.39. The molecular formula is C12H16O3. The minimum atomic E-state index is -0.762. The number of carboxylic acids is 1. The van der Waals surface area contributed by atoms with Crippen LogP contribution in [0, 0.1) is 6.92 Å². The van der Waals surface area contributed by atoms with Gasteiger partial charge in [0.1, 0.15) is 5.75 Å². The summed E-state index contributed by atoms with van der Waals surface area (Å²) in [5.41, 5.74) is 2.10. The molecule has 1 aromatic rings. The summed E-state index contributed by atoms with van der Waals surface area (Å²) in [5, 5.41) is 8.56. The Kier molecular flexibility index (Phi) is 4.16. The second-order valence-corrected chi connectivity index (χ2v) is 3.43. The lowest BCUT2D eigenvalue weighted by Crippen LogP contribution is -1.99. The first kappa shape index (κ1) is 11.6. The molecule has 0 unspecified atom stereocenters. The lowest BCUT2D eigenvalue weighted by Gasteiger charge is -2.08. The van der Waals surface area contributed by atoms with Crippen molar-refractivity contribution in [1.29, 1.82) is 0 Å². The van der Waals surface area contributed by atoms with Crippen LogP contribution in [0.15, 0.2) is 18.2 Å². The van der Waals surface area contributed by atoms with Gasteiger partial charge in [0.05, 0.1) is 6.61 Å². The van der Waals surface area contributed by atoms with Crippen LogP contribution >= 0.6 is 0 Å². The molecule has 0 radical (unpaired) electrons. The fraction of sp³-hybridized carbons (Fsp3) is 0.417. The van der Waals surface area contributed by atoms with E-state index in [0.29, 0.717) is 13.0 Å². The van der Waals surface area contributed by atoms with Crippen LogP contribution in [0.4, 0.5) is 0 Å². The van der Waals surface area contributed by atoms with Crippen LogP contribution in [0.3, 0.4) is 0 Å². The molecule has 0 fully saturated rings. The van der Waals surface area contributed by atoms with E-state index >= 15 is 0 Å². The minimum Gasteiger partial charge on any atom is -0.494 e. The van der Waals surface area contributed by atoms with Gasteiger partial charge in [0.2, 0.25) is 0 Å². The Labute approximate surface area is 89.7 Å². The van der Waals surface area contributed by atoms with Crippen LogP contribution in [-0.2, 0) is 11.2 Å². The highest BCUT2D eigenvalue weighted by Gasteiger charge is 2.02. The van der Waals surface area contributed by atoms with Crippen molar-refractivity contribution in [3.63, 3.8) is 0 Å². The summed E-state index contributed by atoms with van der Waals surface area (Å²) in [6.07, 6.45) is 0.746. The first-order valence-corrected chi connectivity index (χ1v) is 5.07. The standard InChI is InChI=1S/C12H16O3/c1-3-15-11-6-4-10(8-9(11)2)5-7-12(13)14/h4,6,8H,3,5,7H2,1-2H3,(H,13,14). The van der Waals surface area contributed by atoms with Gasteiger partial charge in [0.25, 0.3) is 0 Å². The molecule has 0 saturated carbocycles. The van der Waals surface area contributed by atoms with E-state index in [2.05, 4.69) is 0 Å². The van der Waals surface area contributed by atoms with Gasteiger partial charge in [0, 0.05) is 6.42 Å². The molecule has 1 aromatic carbocycles. The number of ether oxygens (including phenoxy) is 1. The van der Waals surface area contributed by atoms with Crippen molar-refractivity contribution >= 4 is 5.97 Å². The van der Waals surface area contributed by atoms with Crippen molar-refractivity contribution in [3.05, 3.63) is 29.3 Å². The number of rotatable bonds is 5. The molecule has 0 aromatic heterocycles. The molecule has 0 spiro atoms. The predicted octanol–water partition coefficient (Wildman–Crippen LogP) is 2.41. The maximum absolute atomic E-state index is 10.4. The van der Waals surface area contributed by atoms with Crippen molar-refractivity contribution in [2.75, 3.05) is 6.61 Å². The number of hydrogen-bond donors (Lipinski definition) is 1. The third-order valence-corrected chi connectivity index (χ3v) is 2.17. The zero-order valence-corrected chi connectivity index (χ0v) is 9.12. The van der Waals surface area contributed by atoms with Gasteiger partial charge in [-0.25, -0.2) is 0 Å². The van der Waals surface area contributed by atoms with Crippen LogP contribution in [0.25, 0.3) is 0 Å². The van der Waals surface area contributed by atoms with Crippen LogP contribution in [0.1, 0.15) is 24.5 Å². The van der Waals surface area contributed by atoms with Gasteiger partial charge >= 0.3 is 5.97 Å². The molecular weight excluding hydrogens is 192 g/mol. The number of hydrogen-bond acceptors (Lipinski definition) is 2. The van der Waals surface area contributed by atoms with Crippen LogP contribution in [0.5, 0.6) is 5.75 Å². The van der Waals surface area contributed by atoms with Crippen molar-refractivity contribution in [2.45, 2.75) is 26.7 Å². The normalized spacial score (nSPS) is 10.0. The molecule has 0 heterocycles. The van der Waals surface area contributed by atoms with E-state index in [-0.39, 0.29) is 6.42 Å². The lowest BCUT2D eigenvalue weighted by molar-refractivity contribution is -0.136. The van der Waals surface area contributed by atoms with Crippen LogP contribution in [-0.4, -0.2) is 17.7 Å². The molecule has 82 valence electrons. The Morgan fingerprint density at radius 1 is 1.47 bits per heavy atom. The first-order chi connectivity index (χ1) is 7.13. The van der Waals surface area contributed by atoms with Gasteiger partial charge in [0.15, 0.2) is 0 Å². The summed E-state index contributed by atoms with van der Waals surface area (Å²) in [4.78, 5) is 10.4. The van der Waals surface area contributed by atoms with Crippen LogP contribution in [0.2, 0.25) is 0 Å². The highest BCUT2D eigenvalue weighted by atomic mass is 16.5. The highest BCUT2D eigenvalue weighted by Crippen LogP contribution is 2.19. The Bertz CT molecular complexity index is 345. The third-order valence-electron chi connectivity index (χ3n) is 2.17. The van der Waals surface area contributed by atoms with E-state index < -0.39 is 5.97 Å². The maximum Gasteiger partial charge on any atom is 0.303 e. The van der Waals surface area contributed by atoms with Crippen molar-refractivity contribution in [2.24, 2.45) is 0 Å². The van der Waals surface area contributed by atoms with Crippen molar-refractivity contribution in [3.8, 4) is 5.75 Å². The molecule has 1 rings (SSSR count). The fourth-order valence-electron chi connectivity index (χ4n) is 1.44. The number of aryl methyl sites for hydroxylation is 2. The van der Waals surface area contributed by atoms with E-state index in [4.69, 9.17) is 9.84 Å². The smallest absolute Gasteiger partial charge is 0.303 e.